The van der Waals surface area contributed by atoms with Crippen LogP contribution in [0.3, 0.4) is 0 Å². The van der Waals surface area contributed by atoms with E-state index < -0.39 is 0 Å². The standard InChI is InChI=1S/C17H18Cl2N4O3/c1-25-21-14(12-2-4-13(18)5-3-12)11-23-17(24)16(19)15(10-20-23)22-6-8-26-9-7-22/h2-5,10H,6-9,11H2,1H3/b21-14+. The smallest absolute Gasteiger partial charge is 0.288 e. The molecule has 3 rings (SSSR count). The highest BCUT2D eigenvalue weighted by Crippen LogP contribution is 2.22. The van der Waals surface area contributed by atoms with Gasteiger partial charge in [0.25, 0.3) is 5.56 Å². The van der Waals surface area contributed by atoms with Gasteiger partial charge in [-0.15, -0.1) is 0 Å². The molecule has 138 valence electrons. The number of rotatable bonds is 5. The van der Waals surface area contributed by atoms with Crippen molar-refractivity contribution in [2.75, 3.05) is 38.3 Å². The van der Waals surface area contributed by atoms with Crippen LogP contribution >= 0.6 is 23.2 Å². The van der Waals surface area contributed by atoms with Gasteiger partial charge in [0.2, 0.25) is 0 Å². The molecule has 0 spiro atoms. The maximum absolute atomic E-state index is 12.7. The van der Waals surface area contributed by atoms with Crippen LogP contribution in [0.1, 0.15) is 5.56 Å². The maximum atomic E-state index is 12.7. The number of hydrogen-bond acceptors (Lipinski definition) is 6. The van der Waals surface area contributed by atoms with Gasteiger partial charge in [-0.05, 0) is 12.1 Å². The van der Waals surface area contributed by atoms with Crippen molar-refractivity contribution in [1.29, 1.82) is 0 Å². The summed E-state index contributed by atoms with van der Waals surface area (Å²) in [6.07, 6.45) is 1.60. The van der Waals surface area contributed by atoms with Crippen LogP contribution in [0.4, 0.5) is 5.69 Å². The first-order valence-electron chi connectivity index (χ1n) is 8.04. The van der Waals surface area contributed by atoms with Crippen LogP contribution in [0.2, 0.25) is 10.0 Å². The lowest BCUT2D eigenvalue weighted by atomic mass is 10.1. The second kappa shape index (κ2) is 8.53. The normalized spacial score (nSPS) is 15.2. The predicted octanol–water partition coefficient (Wildman–Crippen LogP) is 2.44. The monoisotopic (exact) mass is 396 g/mol. The van der Waals surface area contributed by atoms with E-state index in [9.17, 15) is 4.79 Å². The van der Waals surface area contributed by atoms with Gasteiger partial charge >= 0.3 is 0 Å². The van der Waals surface area contributed by atoms with Gasteiger partial charge in [-0.2, -0.15) is 5.10 Å². The second-order valence-electron chi connectivity index (χ2n) is 5.63. The molecule has 0 bridgehead atoms. The number of ether oxygens (including phenoxy) is 1. The second-order valence-corrected chi connectivity index (χ2v) is 6.45. The minimum Gasteiger partial charge on any atom is -0.399 e. The van der Waals surface area contributed by atoms with Crippen LogP contribution in [0.25, 0.3) is 0 Å². The Morgan fingerprint density at radius 1 is 1.27 bits per heavy atom. The summed E-state index contributed by atoms with van der Waals surface area (Å²) in [7, 11) is 1.45. The number of morpholine rings is 1. The van der Waals surface area contributed by atoms with Gasteiger partial charge < -0.3 is 14.5 Å². The average molecular weight is 397 g/mol. The largest absolute Gasteiger partial charge is 0.399 e. The molecule has 0 aliphatic carbocycles. The fraction of sp³-hybridized carbons (Fsp3) is 0.353. The zero-order valence-electron chi connectivity index (χ0n) is 14.2. The Balaban J connectivity index is 1.88. The summed E-state index contributed by atoms with van der Waals surface area (Å²) in [6.45, 7) is 2.66. The van der Waals surface area contributed by atoms with Crippen molar-refractivity contribution in [3.8, 4) is 0 Å². The molecule has 1 saturated heterocycles. The molecule has 0 N–H and O–H groups in total. The van der Waals surface area contributed by atoms with E-state index in [0.717, 1.165) is 5.56 Å². The predicted molar refractivity (Wildman–Crippen MR) is 102 cm³/mol. The van der Waals surface area contributed by atoms with E-state index in [1.807, 2.05) is 4.90 Å². The molecule has 0 amide bonds. The lowest BCUT2D eigenvalue weighted by Gasteiger charge is -2.29. The summed E-state index contributed by atoms with van der Waals surface area (Å²) in [6, 6.07) is 7.09. The third-order valence-electron chi connectivity index (χ3n) is 4.00. The summed E-state index contributed by atoms with van der Waals surface area (Å²) >= 11 is 12.2. The topological polar surface area (TPSA) is 68.9 Å². The Labute approximate surface area is 160 Å². The first-order chi connectivity index (χ1) is 12.6. The molecule has 0 saturated carbocycles. The third-order valence-corrected chi connectivity index (χ3v) is 4.60. The Morgan fingerprint density at radius 3 is 2.62 bits per heavy atom. The average Bonchev–Trinajstić information content (AvgIpc) is 2.66. The van der Waals surface area contributed by atoms with Crippen LogP contribution in [0, 0.1) is 0 Å². The van der Waals surface area contributed by atoms with E-state index >= 15 is 0 Å². The SMILES string of the molecule is CO/N=C(\Cn1ncc(N2CCOCC2)c(Cl)c1=O)c1ccc(Cl)cc1. The third kappa shape index (κ3) is 4.17. The highest BCUT2D eigenvalue weighted by Gasteiger charge is 2.19. The number of aromatic nitrogens is 2. The maximum Gasteiger partial charge on any atom is 0.288 e. The van der Waals surface area contributed by atoms with Crippen LogP contribution in [0.15, 0.2) is 40.4 Å². The molecule has 1 aromatic heterocycles. The summed E-state index contributed by atoms with van der Waals surface area (Å²) in [5.74, 6) is 0. The molecule has 2 aromatic rings. The van der Waals surface area contributed by atoms with E-state index in [1.54, 1.807) is 30.5 Å². The molecule has 7 nitrogen and oxygen atoms in total. The van der Waals surface area contributed by atoms with Crippen molar-refractivity contribution in [2.45, 2.75) is 6.54 Å². The fourth-order valence-corrected chi connectivity index (χ4v) is 3.05. The van der Waals surface area contributed by atoms with Crippen molar-refractivity contribution in [1.82, 2.24) is 9.78 Å². The lowest BCUT2D eigenvalue weighted by Crippen LogP contribution is -2.38. The molecule has 2 heterocycles. The van der Waals surface area contributed by atoms with Gasteiger partial charge in [0.1, 0.15) is 17.8 Å². The first-order valence-corrected chi connectivity index (χ1v) is 8.80. The molecular formula is C17H18Cl2N4O3. The van der Waals surface area contributed by atoms with Crippen LogP contribution in [-0.2, 0) is 16.1 Å². The number of benzene rings is 1. The number of oxime groups is 1. The molecule has 0 radical (unpaired) electrons. The fourth-order valence-electron chi connectivity index (χ4n) is 2.66. The summed E-state index contributed by atoms with van der Waals surface area (Å²) in [5.41, 5.74) is 1.55. The minimum atomic E-state index is -0.381. The highest BCUT2D eigenvalue weighted by atomic mass is 35.5. The van der Waals surface area contributed by atoms with E-state index in [2.05, 4.69) is 10.3 Å². The van der Waals surface area contributed by atoms with E-state index in [1.165, 1.54) is 11.8 Å². The van der Waals surface area contributed by atoms with Crippen LogP contribution in [0.5, 0.6) is 0 Å². The van der Waals surface area contributed by atoms with Crippen molar-refractivity contribution in [3.05, 3.63) is 56.4 Å². The molecule has 1 aliphatic heterocycles. The molecule has 26 heavy (non-hydrogen) atoms. The number of hydrogen-bond donors (Lipinski definition) is 0. The van der Waals surface area contributed by atoms with Crippen molar-refractivity contribution in [3.63, 3.8) is 0 Å². The van der Waals surface area contributed by atoms with E-state index in [-0.39, 0.29) is 17.1 Å². The number of anilines is 1. The Kier molecular flexibility index (Phi) is 6.13. The lowest BCUT2D eigenvalue weighted by molar-refractivity contribution is 0.122. The molecule has 9 heteroatoms. The molecule has 0 atom stereocenters. The number of nitrogens with zero attached hydrogens (tertiary/aromatic N) is 4. The zero-order valence-corrected chi connectivity index (χ0v) is 15.7. The van der Waals surface area contributed by atoms with Gasteiger partial charge in [0.05, 0.1) is 31.6 Å². The first kappa shape index (κ1) is 18.7. The van der Waals surface area contributed by atoms with E-state index in [4.69, 9.17) is 32.8 Å². The molecule has 1 fully saturated rings. The summed E-state index contributed by atoms with van der Waals surface area (Å²) < 4.78 is 6.59. The van der Waals surface area contributed by atoms with Crippen molar-refractivity contribution < 1.29 is 9.57 Å². The summed E-state index contributed by atoms with van der Waals surface area (Å²) in [4.78, 5) is 19.6. The van der Waals surface area contributed by atoms with Gasteiger partial charge in [-0.3, -0.25) is 4.79 Å². The van der Waals surface area contributed by atoms with Gasteiger partial charge in [-0.1, -0.05) is 40.5 Å². The van der Waals surface area contributed by atoms with Gasteiger partial charge in [0.15, 0.2) is 0 Å². The summed E-state index contributed by atoms with van der Waals surface area (Å²) in [5, 5.41) is 9.00. The minimum absolute atomic E-state index is 0.122. The molecule has 1 aromatic carbocycles. The molecule has 1 aliphatic rings. The quantitative estimate of drug-likeness (QED) is 0.573. The van der Waals surface area contributed by atoms with Gasteiger partial charge in [-0.25, -0.2) is 4.68 Å². The zero-order chi connectivity index (χ0) is 18.5. The van der Waals surface area contributed by atoms with Crippen molar-refractivity contribution >= 4 is 34.6 Å². The Morgan fingerprint density at radius 2 is 1.96 bits per heavy atom. The highest BCUT2D eigenvalue weighted by molar-refractivity contribution is 6.33. The molecule has 0 unspecified atom stereocenters. The van der Waals surface area contributed by atoms with Crippen LogP contribution in [-0.4, -0.2) is 48.9 Å². The Bertz CT molecular complexity index is 846. The van der Waals surface area contributed by atoms with E-state index in [0.29, 0.717) is 42.7 Å². The number of halogens is 2. The molecular weight excluding hydrogens is 379 g/mol. The van der Waals surface area contributed by atoms with Gasteiger partial charge in [0, 0.05) is 23.7 Å². The van der Waals surface area contributed by atoms with Crippen LogP contribution < -0.4 is 10.5 Å². The van der Waals surface area contributed by atoms with Crippen molar-refractivity contribution in [2.24, 2.45) is 5.16 Å². The Hall–Kier alpha value is -2.09.